The van der Waals surface area contributed by atoms with Crippen LogP contribution < -0.4 is 4.74 Å². The molecule has 0 saturated heterocycles. The van der Waals surface area contributed by atoms with E-state index in [1.54, 1.807) is 0 Å². The average Bonchev–Trinajstić information content (AvgIpc) is 2.28. The molecule has 17 heavy (non-hydrogen) atoms. The Kier molecular flexibility index (Phi) is 4.09. The fourth-order valence-electron chi connectivity index (χ4n) is 2.85. The van der Waals surface area contributed by atoms with Crippen molar-refractivity contribution in [2.24, 2.45) is 5.92 Å². The maximum atomic E-state index is 6.11. The monoisotopic (exact) mass is 232 g/mol. The van der Waals surface area contributed by atoms with E-state index in [-0.39, 0.29) is 0 Å². The lowest BCUT2D eigenvalue weighted by Gasteiger charge is -2.28. The molecule has 0 unspecified atom stereocenters. The zero-order valence-electron chi connectivity index (χ0n) is 11.3. The first-order chi connectivity index (χ1) is 8.17. The van der Waals surface area contributed by atoms with Crippen molar-refractivity contribution in [1.29, 1.82) is 0 Å². The highest BCUT2D eigenvalue weighted by Gasteiger charge is 2.21. The van der Waals surface area contributed by atoms with Crippen LogP contribution in [0.25, 0.3) is 0 Å². The standard InChI is InChI=1S/C16H24O/c1-4-14-5-7-15(8-6-14)17-16-10-12(2)9-13(3)11-16/h9-11,14-15H,4-8H2,1-3H3. The van der Waals surface area contributed by atoms with Gasteiger partial charge in [0.25, 0.3) is 0 Å². The van der Waals surface area contributed by atoms with Gasteiger partial charge in [-0.2, -0.15) is 0 Å². The van der Waals surface area contributed by atoms with Crippen LogP contribution in [0.2, 0.25) is 0 Å². The second-order valence-corrected chi connectivity index (χ2v) is 5.49. The van der Waals surface area contributed by atoms with Gasteiger partial charge in [0.1, 0.15) is 5.75 Å². The second-order valence-electron chi connectivity index (χ2n) is 5.49. The molecule has 1 fully saturated rings. The van der Waals surface area contributed by atoms with Gasteiger partial charge in [-0.05, 0) is 68.7 Å². The summed E-state index contributed by atoms with van der Waals surface area (Å²) in [6, 6.07) is 6.50. The average molecular weight is 232 g/mol. The summed E-state index contributed by atoms with van der Waals surface area (Å²) in [6.07, 6.45) is 6.91. The quantitative estimate of drug-likeness (QED) is 0.737. The summed E-state index contributed by atoms with van der Waals surface area (Å²) in [5.74, 6) is 2.00. The molecule has 2 rings (SSSR count). The molecule has 1 saturated carbocycles. The third-order valence-corrected chi connectivity index (χ3v) is 3.87. The summed E-state index contributed by atoms with van der Waals surface area (Å²) in [6.45, 7) is 6.57. The third kappa shape index (κ3) is 3.49. The molecule has 1 heteroatoms. The Morgan fingerprint density at radius 1 is 1.00 bits per heavy atom. The van der Waals surface area contributed by atoms with E-state index in [9.17, 15) is 0 Å². The lowest BCUT2D eigenvalue weighted by Crippen LogP contribution is -2.23. The molecule has 94 valence electrons. The van der Waals surface area contributed by atoms with Crippen molar-refractivity contribution in [3.8, 4) is 5.75 Å². The van der Waals surface area contributed by atoms with E-state index in [0.717, 1.165) is 11.7 Å². The highest BCUT2D eigenvalue weighted by atomic mass is 16.5. The summed E-state index contributed by atoms with van der Waals surface area (Å²) in [5, 5.41) is 0. The van der Waals surface area contributed by atoms with Crippen molar-refractivity contribution in [1.82, 2.24) is 0 Å². The molecular formula is C16H24O. The van der Waals surface area contributed by atoms with E-state index in [1.165, 1.54) is 43.2 Å². The van der Waals surface area contributed by atoms with Crippen molar-refractivity contribution >= 4 is 0 Å². The van der Waals surface area contributed by atoms with Crippen LogP contribution in [0.3, 0.4) is 0 Å². The zero-order valence-corrected chi connectivity index (χ0v) is 11.3. The van der Waals surface area contributed by atoms with Crippen LogP contribution >= 0.6 is 0 Å². The van der Waals surface area contributed by atoms with Crippen LogP contribution in [0.4, 0.5) is 0 Å². The molecule has 0 N–H and O–H groups in total. The van der Waals surface area contributed by atoms with E-state index in [2.05, 4.69) is 39.0 Å². The predicted octanol–water partition coefficient (Wildman–Crippen LogP) is 4.65. The normalized spacial score (nSPS) is 24.6. The van der Waals surface area contributed by atoms with Gasteiger partial charge in [-0.15, -0.1) is 0 Å². The SMILES string of the molecule is CCC1CCC(Oc2cc(C)cc(C)c2)CC1. The molecule has 0 spiro atoms. The molecule has 0 aliphatic heterocycles. The summed E-state index contributed by atoms with van der Waals surface area (Å²) < 4.78 is 6.11. The van der Waals surface area contributed by atoms with Gasteiger partial charge in [0.15, 0.2) is 0 Å². The Balaban J connectivity index is 1.93. The number of benzene rings is 1. The molecule has 0 amide bonds. The van der Waals surface area contributed by atoms with E-state index < -0.39 is 0 Å². The Bertz CT molecular complexity index is 342. The summed E-state index contributed by atoms with van der Waals surface area (Å²) in [4.78, 5) is 0. The van der Waals surface area contributed by atoms with E-state index in [1.807, 2.05) is 0 Å². The lowest BCUT2D eigenvalue weighted by atomic mass is 9.86. The fraction of sp³-hybridized carbons (Fsp3) is 0.625. The highest BCUT2D eigenvalue weighted by molar-refractivity contribution is 5.33. The molecule has 1 aliphatic rings. The van der Waals surface area contributed by atoms with Crippen molar-refractivity contribution in [3.05, 3.63) is 29.3 Å². The molecule has 0 atom stereocenters. The smallest absolute Gasteiger partial charge is 0.120 e. The number of hydrogen-bond acceptors (Lipinski definition) is 1. The van der Waals surface area contributed by atoms with Gasteiger partial charge in [-0.1, -0.05) is 19.4 Å². The van der Waals surface area contributed by atoms with Gasteiger partial charge in [0.2, 0.25) is 0 Å². The van der Waals surface area contributed by atoms with E-state index >= 15 is 0 Å². The molecule has 0 bridgehead atoms. The first-order valence-corrected chi connectivity index (χ1v) is 6.92. The molecular weight excluding hydrogens is 208 g/mol. The molecule has 0 aromatic heterocycles. The Labute approximate surface area is 105 Å². The minimum Gasteiger partial charge on any atom is -0.490 e. The maximum Gasteiger partial charge on any atom is 0.120 e. The molecule has 1 aromatic carbocycles. The first-order valence-electron chi connectivity index (χ1n) is 6.92. The Morgan fingerprint density at radius 2 is 1.59 bits per heavy atom. The third-order valence-electron chi connectivity index (χ3n) is 3.87. The van der Waals surface area contributed by atoms with Crippen molar-refractivity contribution < 1.29 is 4.74 Å². The van der Waals surface area contributed by atoms with Gasteiger partial charge in [-0.25, -0.2) is 0 Å². The van der Waals surface area contributed by atoms with Crippen molar-refractivity contribution in [2.45, 2.75) is 59.0 Å². The molecule has 0 heterocycles. The Morgan fingerprint density at radius 3 is 2.12 bits per heavy atom. The van der Waals surface area contributed by atoms with E-state index in [4.69, 9.17) is 4.74 Å². The topological polar surface area (TPSA) is 9.23 Å². The summed E-state index contributed by atoms with van der Waals surface area (Å²) in [5.41, 5.74) is 2.59. The molecule has 0 radical (unpaired) electrons. The van der Waals surface area contributed by atoms with Gasteiger partial charge >= 0.3 is 0 Å². The largest absolute Gasteiger partial charge is 0.490 e. The van der Waals surface area contributed by atoms with Crippen LogP contribution in [0, 0.1) is 19.8 Å². The predicted molar refractivity (Wildman–Crippen MR) is 72.6 cm³/mol. The van der Waals surface area contributed by atoms with E-state index in [0.29, 0.717) is 6.10 Å². The number of aryl methyl sites for hydroxylation is 2. The number of hydrogen-bond donors (Lipinski definition) is 0. The van der Waals surface area contributed by atoms with Gasteiger partial charge in [0.05, 0.1) is 6.10 Å². The van der Waals surface area contributed by atoms with Gasteiger partial charge in [-0.3, -0.25) is 0 Å². The minimum absolute atomic E-state index is 0.444. The number of rotatable bonds is 3. The van der Waals surface area contributed by atoms with Gasteiger partial charge in [0, 0.05) is 0 Å². The van der Waals surface area contributed by atoms with Crippen molar-refractivity contribution in [2.75, 3.05) is 0 Å². The molecule has 1 aromatic rings. The van der Waals surface area contributed by atoms with Crippen LogP contribution in [-0.4, -0.2) is 6.10 Å². The van der Waals surface area contributed by atoms with Crippen LogP contribution in [0.15, 0.2) is 18.2 Å². The van der Waals surface area contributed by atoms with Crippen LogP contribution in [0.5, 0.6) is 5.75 Å². The highest BCUT2D eigenvalue weighted by Crippen LogP contribution is 2.29. The fourth-order valence-corrected chi connectivity index (χ4v) is 2.85. The van der Waals surface area contributed by atoms with Crippen LogP contribution in [0.1, 0.15) is 50.2 Å². The number of ether oxygens (including phenoxy) is 1. The van der Waals surface area contributed by atoms with Crippen molar-refractivity contribution in [3.63, 3.8) is 0 Å². The summed E-state index contributed by atoms with van der Waals surface area (Å²) >= 11 is 0. The lowest BCUT2D eigenvalue weighted by molar-refractivity contribution is 0.130. The summed E-state index contributed by atoms with van der Waals surface area (Å²) in [7, 11) is 0. The molecule has 1 aliphatic carbocycles. The van der Waals surface area contributed by atoms with Crippen LogP contribution in [-0.2, 0) is 0 Å². The van der Waals surface area contributed by atoms with Gasteiger partial charge < -0.3 is 4.74 Å². The first kappa shape index (κ1) is 12.5. The molecule has 1 nitrogen and oxygen atoms in total. The zero-order chi connectivity index (χ0) is 12.3. The maximum absolute atomic E-state index is 6.11. The Hall–Kier alpha value is -0.980. The minimum atomic E-state index is 0.444. The second kappa shape index (κ2) is 5.57.